The predicted molar refractivity (Wildman–Crippen MR) is 78.2 cm³/mol. The molecule has 2 aliphatic heterocycles. The first-order chi connectivity index (χ1) is 10.0. The minimum atomic E-state index is -1.04. The second kappa shape index (κ2) is 5.48. The van der Waals surface area contributed by atoms with Crippen molar-refractivity contribution in [3.63, 3.8) is 0 Å². The second-order valence-corrected chi connectivity index (χ2v) is 6.72. The molecule has 2 saturated heterocycles. The third kappa shape index (κ3) is 2.73. The molecular formula is C15H25N3O3. The normalized spacial score (nSPS) is 31.3. The lowest BCUT2D eigenvalue weighted by atomic mass is 9.89. The molecule has 1 aliphatic carbocycles. The quantitative estimate of drug-likeness (QED) is 0.832. The lowest BCUT2D eigenvalue weighted by Gasteiger charge is -2.45. The van der Waals surface area contributed by atoms with Gasteiger partial charge in [0.15, 0.2) is 0 Å². The predicted octanol–water partition coefficient (Wildman–Crippen LogP) is 1.22. The van der Waals surface area contributed by atoms with Crippen LogP contribution in [-0.2, 0) is 4.79 Å². The third-order valence-corrected chi connectivity index (χ3v) is 5.23. The number of carboxylic acids is 1. The van der Waals surface area contributed by atoms with Crippen molar-refractivity contribution in [2.24, 2.45) is 0 Å². The first kappa shape index (κ1) is 14.6. The Labute approximate surface area is 125 Å². The van der Waals surface area contributed by atoms with Crippen LogP contribution in [0.3, 0.4) is 0 Å². The SMILES string of the molecule is CC1(C(=O)O)CCCCN1C(=O)N1CCN(C2CC2)CC1. The highest BCUT2D eigenvalue weighted by Crippen LogP contribution is 2.31. The van der Waals surface area contributed by atoms with Gasteiger partial charge in [-0.25, -0.2) is 9.59 Å². The molecular weight excluding hydrogens is 270 g/mol. The lowest BCUT2D eigenvalue weighted by molar-refractivity contribution is -0.150. The van der Waals surface area contributed by atoms with Gasteiger partial charge in [0.2, 0.25) is 0 Å². The molecule has 21 heavy (non-hydrogen) atoms. The molecule has 6 nitrogen and oxygen atoms in total. The maximum Gasteiger partial charge on any atom is 0.329 e. The molecule has 2 amide bonds. The molecule has 1 N–H and O–H groups in total. The average Bonchev–Trinajstić information content (AvgIpc) is 3.32. The molecule has 3 aliphatic rings. The van der Waals surface area contributed by atoms with Crippen molar-refractivity contribution in [1.29, 1.82) is 0 Å². The summed E-state index contributed by atoms with van der Waals surface area (Å²) in [5.41, 5.74) is -1.04. The summed E-state index contributed by atoms with van der Waals surface area (Å²) in [4.78, 5) is 30.2. The van der Waals surface area contributed by atoms with Crippen molar-refractivity contribution in [3.05, 3.63) is 0 Å². The lowest BCUT2D eigenvalue weighted by Crippen LogP contribution is -2.62. The van der Waals surface area contributed by atoms with E-state index >= 15 is 0 Å². The molecule has 3 fully saturated rings. The molecule has 118 valence electrons. The Morgan fingerprint density at radius 1 is 1.05 bits per heavy atom. The van der Waals surface area contributed by atoms with Crippen LogP contribution in [0.25, 0.3) is 0 Å². The highest BCUT2D eigenvalue weighted by molar-refractivity contribution is 5.86. The average molecular weight is 295 g/mol. The van der Waals surface area contributed by atoms with E-state index in [4.69, 9.17) is 0 Å². The zero-order chi connectivity index (χ0) is 15.0. The summed E-state index contributed by atoms with van der Waals surface area (Å²) < 4.78 is 0. The Hall–Kier alpha value is -1.30. The number of hydrogen-bond donors (Lipinski definition) is 1. The number of likely N-dealkylation sites (tertiary alicyclic amines) is 1. The fourth-order valence-electron chi connectivity index (χ4n) is 3.54. The van der Waals surface area contributed by atoms with E-state index in [0.29, 0.717) is 13.0 Å². The van der Waals surface area contributed by atoms with Crippen LogP contribution in [0.1, 0.15) is 39.0 Å². The zero-order valence-electron chi connectivity index (χ0n) is 12.8. The molecule has 0 bridgehead atoms. The fraction of sp³-hybridized carbons (Fsp3) is 0.867. The van der Waals surface area contributed by atoms with E-state index < -0.39 is 11.5 Å². The van der Waals surface area contributed by atoms with Crippen LogP contribution in [-0.4, -0.2) is 76.1 Å². The van der Waals surface area contributed by atoms with Gasteiger partial charge in [-0.2, -0.15) is 0 Å². The number of carbonyl (C=O) groups excluding carboxylic acids is 1. The van der Waals surface area contributed by atoms with Crippen molar-refractivity contribution < 1.29 is 14.7 Å². The number of hydrogen-bond acceptors (Lipinski definition) is 3. The van der Waals surface area contributed by atoms with Crippen LogP contribution in [0.5, 0.6) is 0 Å². The van der Waals surface area contributed by atoms with Gasteiger partial charge in [0.1, 0.15) is 5.54 Å². The summed E-state index contributed by atoms with van der Waals surface area (Å²) in [5, 5.41) is 9.52. The fourth-order valence-corrected chi connectivity index (χ4v) is 3.54. The summed E-state index contributed by atoms with van der Waals surface area (Å²) in [7, 11) is 0. The molecule has 0 radical (unpaired) electrons. The summed E-state index contributed by atoms with van der Waals surface area (Å²) in [5.74, 6) is -0.882. The maximum absolute atomic E-state index is 12.7. The van der Waals surface area contributed by atoms with Crippen LogP contribution in [0.4, 0.5) is 4.79 Å². The standard InChI is InChI=1S/C15H25N3O3/c1-15(13(19)20)6-2-3-7-18(15)14(21)17-10-8-16(9-11-17)12-4-5-12/h12H,2-11H2,1H3,(H,19,20). The number of piperidine rings is 1. The number of nitrogens with zero attached hydrogens (tertiary/aromatic N) is 3. The van der Waals surface area contributed by atoms with Crippen LogP contribution in [0.2, 0.25) is 0 Å². The first-order valence-corrected chi connectivity index (χ1v) is 8.06. The number of rotatable bonds is 2. The van der Waals surface area contributed by atoms with Gasteiger partial charge in [0.25, 0.3) is 0 Å². The van der Waals surface area contributed by atoms with Gasteiger partial charge in [0.05, 0.1) is 0 Å². The van der Waals surface area contributed by atoms with Crippen LogP contribution < -0.4 is 0 Å². The van der Waals surface area contributed by atoms with Crippen molar-refractivity contribution >= 4 is 12.0 Å². The van der Waals surface area contributed by atoms with E-state index in [1.165, 1.54) is 12.8 Å². The van der Waals surface area contributed by atoms with Gasteiger partial charge in [-0.05, 0) is 39.0 Å². The van der Waals surface area contributed by atoms with Crippen LogP contribution >= 0.6 is 0 Å². The summed E-state index contributed by atoms with van der Waals surface area (Å²) in [6.45, 7) is 5.54. The number of urea groups is 1. The Bertz CT molecular complexity index is 430. The number of carbonyl (C=O) groups is 2. The maximum atomic E-state index is 12.7. The van der Waals surface area contributed by atoms with Gasteiger partial charge in [-0.3, -0.25) is 4.90 Å². The van der Waals surface area contributed by atoms with E-state index in [9.17, 15) is 14.7 Å². The van der Waals surface area contributed by atoms with Gasteiger partial charge in [0, 0.05) is 38.8 Å². The van der Waals surface area contributed by atoms with E-state index in [1.54, 1.807) is 11.8 Å². The van der Waals surface area contributed by atoms with Gasteiger partial charge in [-0.15, -0.1) is 0 Å². The van der Waals surface area contributed by atoms with E-state index in [1.807, 2.05) is 4.90 Å². The largest absolute Gasteiger partial charge is 0.480 e. The van der Waals surface area contributed by atoms with Crippen molar-refractivity contribution in [1.82, 2.24) is 14.7 Å². The number of aliphatic carboxylic acids is 1. The van der Waals surface area contributed by atoms with Crippen molar-refractivity contribution in [2.75, 3.05) is 32.7 Å². The topological polar surface area (TPSA) is 64.1 Å². The second-order valence-electron chi connectivity index (χ2n) is 6.72. The van der Waals surface area contributed by atoms with Crippen LogP contribution in [0, 0.1) is 0 Å². The Kier molecular flexibility index (Phi) is 3.82. The van der Waals surface area contributed by atoms with Gasteiger partial charge < -0.3 is 14.9 Å². The Morgan fingerprint density at radius 2 is 1.71 bits per heavy atom. The number of piperazine rings is 1. The Balaban J connectivity index is 1.64. The third-order valence-electron chi connectivity index (χ3n) is 5.23. The van der Waals surface area contributed by atoms with E-state index in [2.05, 4.69) is 4.90 Å². The minimum Gasteiger partial charge on any atom is -0.480 e. The first-order valence-electron chi connectivity index (χ1n) is 8.06. The summed E-state index contributed by atoms with van der Waals surface area (Å²) in [6, 6.07) is 0.650. The molecule has 0 spiro atoms. The molecule has 1 saturated carbocycles. The smallest absolute Gasteiger partial charge is 0.329 e. The molecule has 0 aromatic heterocycles. The monoisotopic (exact) mass is 295 g/mol. The highest BCUT2D eigenvalue weighted by Gasteiger charge is 2.45. The number of carboxylic acid groups (broad SMARTS) is 1. The number of amides is 2. The molecule has 2 heterocycles. The molecule has 1 atom stereocenters. The van der Waals surface area contributed by atoms with Crippen molar-refractivity contribution in [2.45, 2.75) is 50.6 Å². The minimum absolute atomic E-state index is 0.0879. The van der Waals surface area contributed by atoms with E-state index in [-0.39, 0.29) is 6.03 Å². The molecule has 1 unspecified atom stereocenters. The van der Waals surface area contributed by atoms with Crippen LogP contribution in [0.15, 0.2) is 0 Å². The Morgan fingerprint density at radius 3 is 2.29 bits per heavy atom. The highest BCUT2D eigenvalue weighted by atomic mass is 16.4. The van der Waals surface area contributed by atoms with E-state index in [0.717, 1.165) is 45.1 Å². The molecule has 0 aromatic carbocycles. The molecule has 0 aromatic rings. The summed E-state index contributed by atoms with van der Waals surface area (Å²) >= 11 is 0. The van der Waals surface area contributed by atoms with Crippen molar-refractivity contribution in [3.8, 4) is 0 Å². The van der Waals surface area contributed by atoms with Gasteiger partial charge >= 0.3 is 12.0 Å². The molecule has 6 heteroatoms. The molecule has 3 rings (SSSR count). The van der Waals surface area contributed by atoms with Gasteiger partial charge in [-0.1, -0.05) is 0 Å². The zero-order valence-corrected chi connectivity index (χ0v) is 12.8. The summed E-state index contributed by atoms with van der Waals surface area (Å²) in [6.07, 6.45) is 4.91.